The second kappa shape index (κ2) is 12.2. The molecule has 1 atom stereocenters. The van der Waals surface area contributed by atoms with Gasteiger partial charge in [0.15, 0.2) is 0 Å². The largest absolute Gasteiger partial charge is 0.449 e. The van der Waals surface area contributed by atoms with E-state index in [-0.39, 0.29) is 23.3 Å². The zero-order chi connectivity index (χ0) is 22.9. The lowest BCUT2D eigenvalue weighted by molar-refractivity contribution is -0.116. The highest BCUT2D eigenvalue weighted by molar-refractivity contribution is 7.91. The number of hydrogen-bond acceptors (Lipinski definition) is 7. The van der Waals surface area contributed by atoms with Crippen LogP contribution in [-0.4, -0.2) is 51.2 Å². The molecular weight excluding hydrogens is 436 g/mol. The molecular formula is C22H32N2O5S2. The molecule has 0 aliphatic rings. The molecule has 31 heavy (non-hydrogen) atoms. The van der Waals surface area contributed by atoms with Crippen molar-refractivity contribution in [1.82, 2.24) is 9.37 Å². The molecule has 1 unspecified atom stereocenters. The Balaban J connectivity index is 2.09. The molecule has 0 fully saturated rings. The van der Waals surface area contributed by atoms with E-state index >= 15 is 0 Å². The predicted molar refractivity (Wildman–Crippen MR) is 122 cm³/mol. The number of nitrogens with zero attached hydrogens (tertiary/aromatic N) is 2. The molecule has 2 rings (SSSR count). The number of ether oxygens (including phenoxy) is 1. The first-order chi connectivity index (χ1) is 14.8. The lowest BCUT2D eigenvalue weighted by atomic mass is 10.00. The summed E-state index contributed by atoms with van der Waals surface area (Å²) in [6.45, 7) is 4.84. The van der Waals surface area contributed by atoms with E-state index in [1.807, 2.05) is 45.2 Å². The summed E-state index contributed by atoms with van der Waals surface area (Å²) < 4.78 is 32.4. The molecule has 0 spiro atoms. The van der Waals surface area contributed by atoms with E-state index in [9.17, 15) is 13.2 Å². The van der Waals surface area contributed by atoms with Crippen molar-refractivity contribution in [3.05, 3.63) is 52.9 Å². The molecule has 0 aliphatic heterocycles. The first-order valence-electron chi connectivity index (χ1n) is 10.3. The number of amides is 1. The minimum absolute atomic E-state index is 0.0549. The fraction of sp³-hybridized carbons (Fsp3) is 0.500. The van der Waals surface area contributed by atoms with Gasteiger partial charge in [0.25, 0.3) is 10.0 Å². The quantitative estimate of drug-likeness (QED) is 0.336. The number of carbonyl (C=O) groups excluding carboxylic acids is 1. The second-order valence-electron chi connectivity index (χ2n) is 7.53. The van der Waals surface area contributed by atoms with Crippen molar-refractivity contribution in [3.8, 4) is 0 Å². The number of carbonyl (C=O) groups is 1. The molecule has 0 aliphatic carbocycles. The maximum absolute atomic E-state index is 13.1. The first-order valence-corrected chi connectivity index (χ1v) is 12.7. The Bertz CT molecular complexity index is 898. The van der Waals surface area contributed by atoms with Crippen LogP contribution in [-0.2, 0) is 32.6 Å². The van der Waals surface area contributed by atoms with Gasteiger partial charge in [0.05, 0.1) is 13.7 Å². The van der Waals surface area contributed by atoms with Crippen LogP contribution in [0, 0.1) is 5.92 Å². The molecule has 1 aromatic heterocycles. The third-order valence-electron chi connectivity index (χ3n) is 4.77. The Kier molecular flexibility index (Phi) is 9.95. The molecule has 1 aromatic carbocycles. The van der Waals surface area contributed by atoms with Crippen LogP contribution >= 0.6 is 11.3 Å². The van der Waals surface area contributed by atoms with Gasteiger partial charge in [0.2, 0.25) is 0 Å². The van der Waals surface area contributed by atoms with Crippen molar-refractivity contribution in [2.75, 3.05) is 27.3 Å². The van der Waals surface area contributed by atoms with E-state index < -0.39 is 16.1 Å². The summed E-state index contributed by atoms with van der Waals surface area (Å²) in [5, 5.41) is 3.41. The zero-order valence-electron chi connectivity index (χ0n) is 18.6. The molecule has 1 heterocycles. The summed E-state index contributed by atoms with van der Waals surface area (Å²) >= 11 is 1.09. The van der Waals surface area contributed by atoms with Gasteiger partial charge < -0.3 is 9.57 Å². The van der Waals surface area contributed by atoms with Crippen molar-refractivity contribution >= 4 is 27.5 Å². The van der Waals surface area contributed by atoms with Crippen molar-refractivity contribution in [1.29, 1.82) is 0 Å². The summed E-state index contributed by atoms with van der Waals surface area (Å²) in [7, 11) is -0.463. The summed E-state index contributed by atoms with van der Waals surface area (Å²) in [4.78, 5) is 17.8. The van der Waals surface area contributed by atoms with Gasteiger partial charge in [-0.3, -0.25) is 0 Å². The van der Waals surface area contributed by atoms with E-state index in [0.29, 0.717) is 19.4 Å². The maximum atomic E-state index is 13.1. The fourth-order valence-corrected chi connectivity index (χ4v) is 5.56. The van der Waals surface area contributed by atoms with Crippen LogP contribution in [0.3, 0.4) is 0 Å². The Morgan fingerprint density at radius 1 is 1.16 bits per heavy atom. The number of hydrogen-bond donors (Lipinski definition) is 0. The molecule has 1 amide bonds. The van der Waals surface area contributed by atoms with Gasteiger partial charge in [-0.15, -0.1) is 11.3 Å². The van der Waals surface area contributed by atoms with Gasteiger partial charge in [-0.25, -0.2) is 4.79 Å². The van der Waals surface area contributed by atoms with Crippen LogP contribution in [0.15, 0.2) is 46.0 Å². The van der Waals surface area contributed by atoms with Crippen LogP contribution < -0.4 is 0 Å². The average molecular weight is 469 g/mol. The van der Waals surface area contributed by atoms with Crippen LogP contribution in [0.1, 0.15) is 37.8 Å². The third kappa shape index (κ3) is 7.60. The van der Waals surface area contributed by atoms with E-state index in [1.165, 1.54) is 6.07 Å². The number of rotatable bonds is 12. The molecule has 0 radical (unpaired) electrons. The highest BCUT2D eigenvalue weighted by Gasteiger charge is 2.32. The monoisotopic (exact) mass is 468 g/mol. The SMILES string of the molecule is CCCCOC(=O)N(CC(C)Cc1ccc(CN(C)OC)cc1)S(=O)(=O)c1cccs1. The summed E-state index contributed by atoms with van der Waals surface area (Å²) in [5.74, 6) is -0.0824. The van der Waals surface area contributed by atoms with Gasteiger partial charge in [0, 0.05) is 20.1 Å². The highest BCUT2D eigenvalue weighted by Crippen LogP contribution is 2.24. The Morgan fingerprint density at radius 3 is 2.42 bits per heavy atom. The van der Waals surface area contributed by atoms with Gasteiger partial charge in [-0.1, -0.05) is 50.6 Å². The summed E-state index contributed by atoms with van der Waals surface area (Å²) in [5.41, 5.74) is 2.19. The van der Waals surface area contributed by atoms with E-state index in [0.717, 1.165) is 33.2 Å². The minimum atomic E-state index is -3.95. The Hall–Kier alpha value is -1.94. The molecule has 7 nitrogen and oxygen atoms in total. The van der Waals surface area contributed by atoms with E-state index in [1.54, 1.807) is 23.6 Å². The smallest absolute Gasteiger partial charge is 0.423 e. The summed E-state index contributed by atoms with van der Waals surface area (Å²) in [6, 6.07) is 11.3. The van der Waals surface area contributed by atoms with Crippen LogP contribution in [0.4, 0.5) is 4.79 Å². The predicted octanol–water partition coefficient (Wildman–Crippen LogP) is 4.55. The number of sulfonamides is 1. The Labute approximate surface area is 189 Å². The van der Waals surface area contributed by atoms with E-state index in [2.05, 4.69) is 0 Å². The van der Waals surface area contributed by atoms with Crippen molar-refractivity contribution in [3.63, 3.8) is 0 Å². The van der Waals surface area contributed by atoms with Crippen LogP contribution in [0.25, 0.3) is 0 Å². The van der Waals surface area contributed by atoms with Crippen molar-refractivity contribution in [2.45, 2.75) is 43.9 Å². The van der Waals surface area contributed by atoms with Gasteiger partial charge in [0.1, 0.15) is 4.21 Å². The van der Waals surface area contributed by atoms with Crippen LogP contribution in [0.5, 0.6) is 0 Å². The normalized spacial score (nSPS) is 12.7. The molecule has 0 saturated carbocycles. The lowest BCUT2D eigenvalue weighted by Gasteiger charge is -2.24. The van der Waals surface area contributed by atoms with Crippen molar-refractivity contribution < 1.29 is 22.8 Å². The highest BCUT2D eigenvalue weighted by atomic mass is 32.2. The van der Waals surface area contributed by atoms with Gasteiger partial charge in [-0.05, 0) is 41.3 Å². The lowest BCUT2D eigenvalue weighted by Crippen LogP contribution is -2.40. The number of benzene rings is 1. The molecule has 172 valence electrons. The number of thiophene rings is 1. The first kappa shape index (κ1) is 25.3. The minimum Gasteiger partial charge on any atom is -0.449 e. The standard InChI is InChI=1S/C22H32N2O5S2/c1-5-6-13-29-22(25)24(31(26,27)21-8-7-14-30-21)16-18(2)15-19-9-11-20(12-10-19)17-23(3)28-4/h7-12,14,18H,5-6,13,15-17H2,1-4H3. The number of unbranched alkanes of at least 4 members (excludes halogenated alkanes) is 1. The van der Waals surface area contributed by atoms with Gasteiger partial charge >= 0.3 is 6.09 Å². The van der Waals surface area contributed by atoms with Crippen molar-refractivity contribution in [2.24, 2.45) is 5.92 Å². The number of hydroxylamine groups is 2. The zero-order valence-corrected chi connectivity index (χ0v) is 20.2. The topological polar surface area (TPSA) is 76.2 Å². The average Bonchev–Trinajstić information content (AvgIpc) is 3.29. The van der Waals surface area contributed by atoms with Gasteiger partial charge in [-0.2, -0.15) is 17.8 Å². The molecule has 9 heteroatoms. The molecule has 0 bridgehead atoms. The molecule has 0 N–H and O–H groups in total. The molecule has 2 aromatic rings. The van der Waals surface area contributed by atoms with Crippen LogP contribution in [0.2, 0.25) is 0 Å². The third-order valence-corrected chi connectivity index (χ3v) is 7.87. The summed E-state index contributed by atoms with van der Waals surface area (Å²) in [6.07, 6.45) is 1.38. The fourth-order valence-electron chi connectivity index (χ4n) is 3.02. The maximum Gasteiger partial charge on any atom is 0.423 e. The molecule has 0 saturated heterocycles. The second-order valence-corrected chi connectivity index (χ2v) is 10.6. The Morgan fingerprint density at radius 2 is 1.84 bits per heavy atom. The van der Waals surface area contributed by atoms with E-state index in [4.69, 9.17) is 9.57 Å².